The van der Waals surface area contributed by atoms with E-state index in [0.29, 0.717) is 0 Å². The maximum Gasteiger partial charge on any atom is 0.269 e. The fraction of sp³-hybridized carbons (Fsp3) is 0.455. The summed E-state index contributed by atoms with van der Waals surface area (Å²) < 4.78 is 21.5. The average Bonchev–Trinajstić information content (AvgIpc) is 2.35. The number of hydrogen-bond acceptors (Lipinski definition) is 5. The molecule has 0 spiro atoms. The van der Waals surface area contributed by atoms with Crippen LogP contribution in [0.25, 0.3) is 0 Å². The summed E-state index contributed by atoms with van der Waals surface area (Å²) in [7, 11) is -3.71. The van der Waals surface area contributed by atoms with Crippen molar-refractivity contribution < 1.29 is 18.4 Å². The summed E-state index contributed by atoms with van der Waals surface area (Å²) in [5.74, 6) is 0. The number of hydrogen-bond donors (Lipinski definition) is 1. The molecule has 1 aromatic carbocycles. The van der Waals surface area contributed by atoms with E-state index in [2.05, 4.69) is 0 Å². The minimum atomic E-state index is -3.71. The Hall–Kier alpha value is -1.18. The van der Waals surface area contributed by atoms with Crippen LogP contribution in [0.1, 0.15) is 25.0 Å². The van der Waals surface area contributed by atoms with Gasteiger partial charge in [0.15, 0.2) is 14.0 Å². The summed E-state index contributed by atoms with van der Waals surface area (Å²) >= 11 is 6.02. The maximum atomic E-state index is 11.7. The number of halogens is 1. The summed E-state index contributed by atoms with van der Waals surface area (Å²) in [4.78, 5) is 9.93. The molecule has 0 saturated carbocycles. The molecule has 0 aliphatic heterocycles. The molecule has 1 N–H and O–H groups in total. The van der Waals surface area contributed by atoms with Gasteiger partial charge in [0.2, 0.25) is 0 Å². The fourth-order valence-corrected chi connectivity index (χ4v) is 2.88. The van der Waals surface area contributed by atoms with Crippen molar-refractivity contribution in [1.82, 2.24) is 0 Å². The van der Waals surface area contributed by atoms with E-state index in [1.165, 1.54) is 24.3 Å². The molecule has 0 saturated heterocycles. The number of nitrogens with zero attached hydrogens (tertiary/aromatic N) is 1. The van der Waals surface area contributed by atoms with Gasteiger partial charge in [-0.2, -0.15) is 0 Å². The topological polar surface area (TPSA) is 97.5 Å². The Morgan fingerprint density at radius 3 is 2.21 bits per heavy atom. The van der Waals surface area contributed by atoms with Crippen molar-refractivity contribution in [1.29, 1.82) is 0 Å². The molecular formula is C11H14ClNO5S. The van der Waals surface area contributed by atoms with E-state index in [1.807, 2.05) is 0 Å². The highest BCUT2D eigenvalue weighted by molar-refractivity contribution is 7.93. The number of alkyl halides is 1. The van der Waals surface area contributed by atoms with Gasteiger partial charge in [-0.05, 0) is 24.1 Å². The first-order valence-electron chi connectivity index (χ1n) is 5.44. The first kappa shape index (κ1) is 15.9. The first-order valence-corrected chi connectivity index (χ1v) is 7.71. The van der Waals surface area contributed by atoms with Gasteiger partial charge in [0.1, 0.15) is 6.10 Å². The lowest BCUT2D eigenvalue weighted by Gasteiger charge is -2.29. The number of nitro groups is 1. The van der Waals surface area contributed by atoms with Gasteiger partial charge in [-0.15, -0.1) is 0 Å². The van der Waals surface area contributed by atoms with Crippen molar-refractivity contribution in [2.45, 2.75) is 23.7 Å². The van der Waals surface area contributed by atoms with Crippen molar-refractivity contribution in [3.8, 4) is 0 Å². The number of nitro benzene ring substituents is 1. The number of rotatable bonds is 5. The SMILES string of the molecule is CC[C@@](Cl)([C@H](O)c1ccc([N+](=O)[O-])cc1)S(C)(=O)=O. The van der Waals surface area contributed by atoms with Gasteiger partial charge in [-0.1, -0.05) is 18.5 Å². The van der Waals surface area contributed by atoms with Crippen LogP contribution in [0.5, 0.6) is 0 Å². The second-order valence-corrected chi connectivity index (χ2v) is 7.33. The molecule has 1 rings (SSSR count). The Bertz CT molecular complexity index is 571. The van der Waals surface area contributed by atoms with Crippen LogP contribution in [0.4, 0.5) is 5.69 Å². The van der Waals surface area contributed by atoms with E-state index in [1.54, 1.807) is 6.92 Å². The molecule has 0 heterocycles. The van der Waals surface area contributed by atoms with Crippen LogP contribution in [-0.4, -0.2) is 28.9 Å². The Morgan fingerprint density at radius 2 is 1.89 bits per heavy atom. The molecule has 0 aromatic heterocycles. The molecule has 0 amide bonds. The maximum absolute atomic E-state index is 11.7. The molecule has 6 nitrogen and oxygen atoms in total. The number of benzene rings is 1. The van der Waals surface area contributed by atoms with E-state index >= 15 is 0 Å². The standard InChI is InChI=1S/C11H14ClNO5S/c1-3-11(12,19(2,17)18)10(14)8-4-6-9(7-5-8)13(15)16/h4-7,10,14H,3H2,1-2H3/t10-,11+/m1/s1. The second-order valence-electron chi connectivity index (χ2n) is 4.16. The molecule has 0 aliphatic rings. The summed E-state index contributed by atoms with van der Waals surface area (Å²) in [5.41, 5.74) is 0.0693. The summed E-state index contributed by atoms with van der Waals surface area (Å²) in [6, 6.07) is 4.96. The fourth-order valence-electron chi connectivity index (χ4n) is 1.69. The number of aliphatic hydroxyl groups is 1. The molecule has 2 atom stereocenters. The Labute approximate surface area is 116 Å². The van der Waals surface area contributed by atoms with Gasteiger partial charge >= 0.3 is 0 Å². The summed E-state index contributed by atoms with van der Waals surface area (Å²) in [6.45, 7) is 1.54. The van der Waals surface area contributed by atoms with Crippen LogP contribution >= 0.6 is 11.6 Å². The predicted octanol–water partition coefficient (Wildman–Crippen LogP) is 2.02. The first-order chi connectivity index (χ1) is 8.63. The smallest absolute Gasteiger partial charge is 0.269 e. The van der Waals surface area contributed by atoms with E-state index in [9.17, 15) is 23.6 Å². The molecule has 0 bridgehead atoms. The van der Waals surface area contributed by atoms with Crippen LogP contribution < -0.4 is 0 Å². The quantitative estimate of drug-likeness (QED) is 0.510. The van der Waals surface area contributed by atoms with Gasteiger partial charge in [-0.25, -0.2) is 8.42 Å². The Balaban J connectivity index is 3.19. The lowest BCUT2D eigenvalue weighted by atomic mass is 10.0. The van der Waals surface area contributed by atoms with Crippen LogP contribution in [0.3, 0.4) is 0 Å². The van der Waals surface area contributed by atoms with Gasteiger partial charge in [0.05, 0.1) is 4.92 Å². The van der Waals surface area contributed by atoms with E-state index < -0.39 is 25.1 Å². The molecule has 19 heavy (non-hydrogen) atoms. The molecule has 0 aliphatic carbocycles. The minimum absolute atomic E-state index is 0.00550. The third kappa shape index (κ3) is 3.05. The van der Waals surface area contributed by atoms with E-state index in [-0.39, 0.29) is 17.7 Å². The van der Waals surface area contributed by atoms with Crippen LogP contribution in [-0.2, 0) is 9.84 Å². The van der Waals surface area contributed by atoms with Crippen molar-refractivity contribution in [3.63, 3.8) is 0 Å². The third-order valence-corrected chi connectivity index (χ3v) is 5.99. The monoisotopic (exact) mass is 307 g/mol. The molecule has 8 heteroatoms. The number of sulfone groups is 1. The molecular weight excluding hydrogens is 294 g/mol. The van der Waals surface area contributed by atoms with Gasteiger partial charge in [-0.3, -0.25) is 10.1 Å². The zero-order valence-corrected chi connectivity index (χ0v) is 12.0. The van der Waals surface area contributed by atoms with Crippen LogP contribution in [0.15, 0.2) is 24.3 Å². The van der Waals surface area contributed by atoms with Crippen LogP contribution in [0.2, 0.25) is 0 Å². The zero-order valence-electron chi connectivity index (χ0n) is 10.4. The molecule has 106 valence electrons. The number of non-ortho nitro benzene ring substituents is 1. The highest BCUT2D eigenvalue weighted by atomic mass is 35.5. The number of aliphatic hydroxyl groups excluding tert-OH is 1. The molecule has 0 radical (unpaired) electrons. The second kappa shape index (κ2) is 5.44. The highest BCUT2D eigenvalue weighted by Crippen LogP contribution is 2.39. The Morgan fingerprint density at radius 1 is 1.42 bits per heavy atom. The van der Waals surface area contributed by atoms with Crippen molar-refractivity contribution in [3.05, 3.63) is 39.9 Å². The average molecular weight is 308 g/mol. The van der Waals surface area contributed by atoms with Gasteiger partial charge < -0.3 is 5.11 Å². The van der Waals surface area contributed by atoms with Crippen LogP contribution in [0, 0.1) is 10.1 Å². The molecule has 0 fully saturated rings. The zero-order chi connectivity index (χ0) is 14.8. The van der Waals surface area contributed by atoms with Crippen molar-refractivity contribution in [2.24, 2.45) is 0 Å². The van der Waals surface area contributed by atoms with Crippen molar-refractivity contribution in [2.75, 3.05) is 6.26 Å². The lowest BCUT2D eigenvalue weighted by molar-refractivity contribution is -0.384. The molecule has 1 aromatic rings. The minimum Gasteiger partial charge on any atom is -0.385 e. The lowest BCUT2D eigenvalue weighted by Crippen LogP contribution is -2.37. The van der Waals surface area contributed by atoms with Crippen molar-refractivity contribution >= 4 is 27.1 Å². The largest absolute Gasteiger partial charge is 0.385 e. The highest BCUT2D eigenvalue weighted by Gasteiger charge is 2.44. The third-order valence-electron chi connectivity index (χ3n) is 2.93. The molecule has 0 unspecified atom stereocenters. The van der Waals surface area contributed by atoms with Gasteiger partial charge in [0, 0.05) is 18.4 Å². The normalized spacial score (nSPS) is 16.6. The predicted molar refractivity (Wildman–Crippen MR) is 71.8 cm³/mol. The van der Waals surface area contributed by atoms with E-state index in [4.69, 9.17) is 11.6 Å². The Kier molecular flexibility index (Phi) is 4.54. The summed E-state index contributed by atoms with van der Waals surface area (Å²) in [5, 5.41) is 20.6. The summed E-state index contributed by atoms with van der Waals surface area (Å²) in [6.07, 6.45) is -0.515. The van der Waals surface area contributed by atoms with Gasteiger partial charge in [0.25, 0.3) is 5.69 Å². The van der Waals surface area contributed by atoms with E-state index in [0.717, 1.165) is 6.26 Å².